The van der Waals surface area contributed by atoms with Crippen molar-refractivity contribution in [2.75, 3.05) is 13.7 Å². The fourth-order valence-corrected chi connectivity index (χ4v) is 3.77. The second kappa shape index (κ2) is 8.69. The van der Waals surface area contributed by atoms with Gasteiger partial charge in [0.25, 0.3) is 0 Å². The molecule has 1 saturated carbocycles. The quantitative estimate of drug-likeness (QED) is 0.664. The van der Waals surface area contributed by atoms with E-state index in [1.807, 2.05) is 13.8 Å². The van der Waals surface area contributed by atoms with Gasteiger partial charge in [-0.25, -0.2) is 9.79 Å². The molecule has 0 aromatic carbocycles. The number of carboxylic acid groups (broad SMARTS) is 1. The van der Waals surface area contributed by atoms with Gasteiger partial charge in [0, 0.05) is 7.11 Å². The van der Waals surface area contributed by atoms with E-state index in [2.05, 4.69) is 5.32 Å². The molecule has 0 radical (unpaired) electrons. The van der Waals surface area contributed by atoms with E-state index in [-0.39, 0.29) is 30.8 Å². The summed E-state index contributed by atoms with van der Waals surface area (Å²) in [7, 11) is 1.50. The molecule has 2 amide bonds. The van der Waals surface area contributed by atoms with Crippen molar-refractivity contribution in [2.24, 2.45) is 16.8 Å². The first-order valence-electron chi connectivity index (χ1n) is 10.1. The number of carbonyl (C=O) groups is 3. The van der Waals surface area contributed by atoms with Crippen molar-refractivity contribution in [3.05, 3.63) is 0 Å². The highest BCUT2D eigenvalue weighted by atomic mass is 16.6. The van der Waals surface area contributed by atoms with Gasteiger partial charge < -0.3 is 14.6 Å². The molecule has 0 aromatic rings. The number of aliphatic imine (C=N–C) groups is 1. The summed E-state index contributed by atoms with van der Waals surface area (Å²) in [5, 5.41) is 12.0. The molecule has 0 bridgehead atoms. The zero-order valence-corrected chi connectivity index (χ0v) is 18.2. The Morgan fingerprint density at radius 2 is 1.97 bits per heavy atom. The summed E-state index contributed by atoms with van der Waals surface area (Å²) in [5.74, 6) is -1.77. The minimum atomic E-state index is -0.893. The third-order valence-corrected chi connectivity index (χ3v) is 5.57. The van der Waals surface area contributed by atoms with Crippen molar-refractivity contribution < 1.29 is 29.0 Å². The van der Waals surface area contributed by atoms with Gasteiger partial charge in [0.15, 0.2) is 0 Å². The first-order chi connectivity index (χ1) is 13.5. The maximum atomic E-state index is 13.2. The number of carbonyl (C=O) groups excluding carboxylic acids is 2. The van der Waals surface area contributed by atoms with Crippen molar-refractivity contribution in [3.8, 4) is 0 Å². The number of nitrogens with one attached hydrogen (secondary N) is 1. The topological polar surface area (TPSA) is 118 Å². The Bertz CT molecular complexity index is 680. The van der Waals surface area contributed by atoms with E-state index in [0.717, 1.165) is 0 Å². The molecular weight excluding hydrogens is 378 g/mol. The summed E-state index contributed by atoms with van der Waals surface area (Å²) in [6.45, 7) is 9.30. The van der Waals surface area contributed by atoms with Crippen LogP contribution in [0, 0.1) is 11.8 Å². The SMILES string of the molecule is CCC1(CC)CC(=O)N(C(COC)[C@@H]2C[C@H]2C(=O)O)C(NC(=O)OC(C)(C)C)=N1. The molecule has 2 aliphatic rings. The van der Waals surface area contributed by atoms with Crippen LogP contribution < -0.4 is 5.32 Å². The number of methoxy groups -OCH3 is 1. The lowest BCUT2D eigenvalue weighted by atomic mass is 9.87. The van der Waals surface area contributed by atoms with Crippen LogP contribution in [0.15, 0.2) is 4.99 Å². The van der Waals surface area contributed by atoms with E-state index in [1.54, 1.807) is 20.8 Å². The van der Waals surface area contributed by atoms with E-state index < -0.39 is 35.2 Å². The van der Waals surface area contributed by atoms with Crippen LogP contribution in [0.4, 0.5) is 4.79 Å². The lowest BCUT2D eigenvalue weighted by molar-refractivity contribution is -0.140. The molecule has 0 aromatic heterocycles. The molecule has 2 rings (SSSR count). The summed E-state index contributed by atoms with van der Waals surface area (Å²) in [5.41, 5.74) is -1.32. The molecule has 0 saturated heterocycles. The third-order valence-electron chi connectivity index (χ3n) is 5.57. The number of hydrogen-bond donors (Lipinski definition) is 2. The first kappa shape index (κ1) is 23.1. The fraction of sp³-hybridized carbons (Fsp3) is 0.800. The molecule has 164 valence electrons. The summed E-state index contributed by atoms with van der Waals surface area (Å²) < 4.78 is 10.6. The summed E-state index contributed by atoms with van der Waals surface area (Å²) in [6.07, 6.45) is 1.22. The maximum Gasteiger partial charge on any atom is 0.414 e. The first-order valence-corrected chi connectivity index (χ1v) is 10.1. The molecule has 9 nitrogen and oxygen atoms in total. The van der Waals surface area contributed by atoms with Crippen molar-refractivity contribution in [1.82, 2.24) is 10.2 Å². The van der Waals surface area contributed by atoms with Gasteiger partial charge in [-0.3, -0.25) is 19.8 Å². The number of rotatable bonds is 7. The number of ether oxygens (including phenoxy) is 2. The maximum absolute atomic E-state index is 13.2. The number of aliphatic carboxylic acids is 1. The summed E-state index contributed by atoms with van der Waals surface area (Å²) in [6, 6.07) is -0.519. The standard InChI is InChI=1S/C20H33N3O6/c1-7-20(8-2)10-15(24)23(14(11-28-6)12-9-13(12)16(25)26)17(22-20)21-18(27)29-19(3,4)5/h12-14H,7-11H2,1-6H3,(H,25,26)(H,21,22,27)/t12-,13-,14?/m1/s1. The third kappa shape index (κ3) is 5.46. The lowest BCUT2D eigenvalue weighted by Gasteiger charge is -2.41. The van der Waals surface area contributed by atoms with E-state index in [4.69, 9.17) is 14.5 Å². The smallest absolute Gasteiger partial charge is 0.414 e. The van der Waals surface area contributed by atoms with Gasteiger partial charge in [-0.05, 0) is 46.0 Å². The predicted molar refractivity (Wildman–Crippen MR) is 106 cm³/mol. The predicted octanol–water partition coefficient (Wildman–Crippen LogP) is 2.39. The van der Waals surface area contributed by atoms with Gasteiger partial charge in [-0.1, -0.05) is 13.8 Å². The minimum absolute atomic E-state index is 0.109. The summed E-state index contributed by atoms with van der Waals surface area (Å²) in [4.78, 5) is 43.1. The molecular formula is C20H33N3O6. The van der Waals surface area contributed by atoms with Crippen molar-refractivity contribution in [1.29, 1.82) is 0 Å². The highest BCUT2D eigenvalue weighted by Crippen LogP contribution is 2.44. The molecule has 1 aliphatic carbocycles. The van der Waals surface area contributed by atoms with Crippen molar-refractivity contribution >= 4 is 23.9 Å². The van der Waals surface area contributed by atoms with Gasteiger partial charge in [0.05, 0.1) is 30.5 Å². The van der Waals surface area contributed by atoms with Crippen LogP contribution in [0.5, 0.6) is 0 Å². The second-order valence-corrected chi connectivity index (χ2v) is 8.80. The molecule has 2 N–H and O–H groups in total. The summed E-state index contributed by atoms with van der Waals surface area (Å²) >= 11 is 0. The number of guanidine groups is 1. The van der Waals surface area contributed by atoms with E-state index in [0.29, 0.717) is 19.3 Å². The Morgan fingerprint density at radius 3 is 2.41 bits per heavy atom. The molecule has 1 heterocycles. The van der Waals surface area contributed by atoms with Gasteiger partial charge in [-0.2, -0.15) is 0 Å². The average Bonchev–Trinajstić information content (AvgIpc) is 3.39. The highest BCUT2D eigenvalue weighted by molar-refractivity contribution is 6.05. The number of alkyl carbamates (subject to hydrolysis) is 1. The van der Waals surface area contributed by atoms with Crippen LogP contribution in [0.3, 0.4) is 0 Å². The Hall–Kier alpha value is -2.16. The second-order valence-electron chi connectivity index (χ2n) is 8.80. The lowest BCUT2D eigenvalue weighted by Crippen LogP contribution is -2.59. The van der Waals surface area contributed by atoms with Gasteiger partial charge in [-0.15, -0.1) is 0 Å². The normalized spacial score (nSPS) is 24.6. The van der Waals surface area contributed by atoms with E-state index in [1.165, 1.54) is 12.0 Å². The Kier molecular flexibility index (Phi) is 6.93. The van der Waals surface area contributed by atoms with Crippen LogP contribution in [-0.2, 0) is 19.1 Å². The number of amides is 2. The Labute approximate surface area is 171 Å². The molecule has 3 atom stereocenters. The van der Waals surface area contributed by atoms with Crippen LogP contribution >= 0.6 is 0 Å². The van der Waals surface area contributed by atoms with Gasteiger partial charge >= 0.3 is 12.1 Å². The highest BCUT2D eigenvalue weighted by Gasteiger charge is 2.53. The van der Waals surface area contributed by atoms with Crippen LogP contribution in [0.25, 0.3) is 0 Å². The fourth-order valence-electron chi connectivity index (χ4n) is 3.77. The van der Waals surface area contributed by atoms with Gasteiger partial charge in [0.2, 0.25) is 11.9 Å². The minimum Gasteiger partial charge on any atom is -0.481 e. The van der Waals surface area contributed by atoms with Crippen molar-refractivity contribution in [3.63, 3.8) is 0 Å². The molecule has 1 unspecified atom stereocenters. The molecule has 1 aliphatic heterocycles. The van der Waals surface area contributed by atoms with Crippen LogP contribution in [-0.4, -0.2) is 64.8 Å². The molecule has 9 heteroatoms. The Balaban J connectivity index is 2.39. The molecule has 29 heavy (non-hydrogen) atoms. The monoisotopic (exact) mass is 411 g/mol. The molecule has 1 fully saturated rings. The zero-order valence-electron chi connectivity index (χ0n) is 18.2. The molecule has 0 spiro atoms. The van der Waals surface area contributed by atoms with Crippen LogP contribution in [0.1, 0.15) is 60.3 Å². The number of carboxylic acids is 1. The van der Waals surface area contributed by atoms with E-state index >= 15 is 0 Å². The van der Waals surface area contributed by atoms with E-state index in [9.17, 15) is 19.5 Å². The average molecular weight is 411 g/mol. The van der Waals surface area contributed by atoms with Gasteiger partial charge in [0.1, 0.15) is 5.60 Å². The largest absolute Gasteiger partial charge is 0.481 e. The van der Waals surface area contributed by atoms with Crippen molar-refractivity contribution in [2.45, 2.75) is 77.5 Å². The Morgan fingerprint density at radius 1 is 1.34 bits per heavy atom. The number of hydrogen-bond acceptors (Lipinski definition) is 6. The zero-order chi connectivity index (χ0) is 22.0. The van der Waals surface area contributed by atoms with Crippen LogP contribution in [0.2, 0.25) is 0 Å². The number of nitrogens with zero attached hydrogens (tertiary/aromatic N) is 2.